The Bertz CT molecular complexity index is 680. The second kappa shape index (κ2) is 4.96. The van der Waals surface area contributed by atoms with Gasteiger partial charge >= 0.3 is 5.97 Å². The fourth-order valence-electron chi connectivity index (χ4n) is 2.63. The number of carbonyl (C=O) groups is 2. The lowest BCUT2D eigenvalue weighted by atomic mass is 10.1. The van der Waals surface area contributed by atoms with Crippen LogP contribution in [0.1, 0.15) is 6.42 Å². The number of benzene rings is 2. The van der Waals surface area contributed by atoms with E-state index in [0.29, 0.717) is 6.54 Å². The van der Waals surface area contributed by atoms with Crippen LogP contribution >= 0.6 is 0 Å². The average Bonchev–Trinajstić information content (AvgIpc) is 2.88. The summed E-state index contributed by atoms with van der Waals surface area (Å²) in [5.74, 6) is -0.712. The average molecular weight is 269 g/mol. The van der Waals surface area contributed by atoms with Gasteiger partial charge in [0.25, 0.3) is 0 Å². The zero-order valence-electron chi connectivity index (χ0n) is 11.2. The lowest BCUT2D eigenvalue weighted by Gasteiger charge is -2.17. The van der Waals surface area contributed by atoms with Crippen LogP contribution in [0.2, 0.25) is 0 Å². The van der Waals surface area contributed by atoms with Crippen molar-refractivity contribution in [2.75, 3.05) is 18.6 Å². The molecule has 0 spiro atoms. The van der Waals surface area contributed by atoms with E-state index in [9.17, 15) is 9.59 Å². The van der Waals surface area contributed by atoms with Gasteiger partial charge in [-0.25, -0.2) is 0 Å². The molecular weight excluding hydrogens is 254 g/mol. The molecule has 3 rings (SSSR count). The first-order valence-corrected chi connectivity index (χ1v) is 6.56. The van der Waals surface area contributed by atoms with Gasteiger partial charge in [-0.1, -0.05) is 30.3 Å². The fourth-order valence-corrected chi connectivity index (χ4v) is 2.63. The van der Waals surface area contributed by atoms with E-state index in [0.717, 1.165) is 16.5 Å². The van der Waals surface area contributed by atoms with E-state index in [1.54, 1.807) is 4.90 Å². The van der Waals surface area contributed by atoms with Crippen molar-refractivity contribution in [1.29, 1.82) is 0 Å². The third-order valence-electron chi connectivity index (χ3n) is 3.70. The minimum atomic E-state index is -0.362. The van der Waals surface area contributed by atoms with Crippen LogP contribution in [0.5, 0.6) is 0 Å². The Balaban J connectivity index is 1.91. The highest BCUT2D eigenvalue weighted by Gasteiger charge is 2.35. The summed E-state index contributed by atoms with van der Waals surface area (Å²) in [6.07, 6.45) is 0.222. The molecule has 1 saturated heterocycles. The van der Waals surface area contributed by atoms with Gasteiger partial charge in [0.1, 0.15) is 0 Å². The quantitative estimate of drug-likeness (QED) is 0.786. The third-order valence-corrected chi connectivity index (χ3v) is 3.70. The largest absolute Gasteiger partial charge is 0.469 e. The first-order valence-electron chi connectivity index (χ1n) is 6.56. The summed E-state index contributed by atoms with van der Waals surface area (Å²) in [6, 6.07) is 13.9. The Labute approximate surface area is 116 Å². The molecule has 1 aliphatic rings. The standard InChI is InChI=1S/C16H15NO3/c1-20-16(19)13-9-15(18)17(10-13)14-7-6-11-4-2-3-5-12(11)8-14/h2-8,13H,9-10H2,1H3/t13-/m1/s1. The highest BCUT2D eigenvalue weighted by Crippen LogP contribution is 2.28. The van der Waals surface area contributed by atoms with E-state index >= 15 is 0 Å². The molecule has 0 radical (unpaired) electrons. The molecule has 0 saturated carbocycles. The van der Waals surface area contributed by atoms with E-state index in [1.807, 2.05) is 42.5 Å². The predicted octanol–water partition coefficient (Wildman–Crippen LogP) is 2.37. The molecule has 1 fully saturated rings. The number of nitrogens with zero attached hydrogens (tertiary/aromatic N) is 1. The molecule has 0 aliphatic carbocycles. The number of anilines is 1. The van der Waals surface area contributed by atoms with E-state index in [2.05, 4.69) is 0 Å². The van der Waals surface area contributed by atoms with Crippen LogP contribution < -0.4 is 4.90 Å². The van der Waals surface area contributed by atoms with Crippen LogP contribution in [0.15, 0.2) is 42.5 Å². The zero-order valence-corrected chi connectivity index (χ0v) is 11.2. The van der Waals surface area contributed by atoms with Gasteiger partial charge in [-0.3, -0.25) is 9.59 Å². The number of fused-ring (bicyclic) bond motifs is 1. The molecule has 1 amide bonds. The van der Waals surface area contributed by atoms with Gasteiger partial charge in [-0.2, -0.15) is 0 Å². The SMILES string of the molecule is COC(=O)[C@@H]1CC(=O)N(c2ccc3ccccc3c2)C1. The minimum Gasteiger partial charge on any atom is -0.469 e. The molecule has 1 heterocycles. The molecule has 20 heavy (non-hydrogen) atoms. The first kappa shape index (κ1) is 12.7. The highest BCUT2D eigenvalue weighted by molar-refractivity contribution is 6.01. The van der Waals surface area contributed by atoms with Crippen LogP contribution in [-0.4, -0.2) is 25.5 Å². The lowest BCUT2D eigenvalue weighted by Crippen LogP contribution is -2.26. The topological polar surface area (TPSA) is 46.6 Å². The van der Waals surface area contributed by atoms with E-state index in [1.165, 1.54) is 7.11 Å². The Morgan fingerprint density at radius 1 is 1.20 bits per heavy atom. The molecule has 2 aromatic carbocycles. The first-order chi connectivity index (χ1) is 9.69. The molecule has 0 unspecified atom stereocenters. The Kier molecular flexibility index (Phi) is 3.14. The van der Waals surface area contributed by atoms with Gasteiger partial charge < -0.3 is 9.64 Å². The number of carbonyl (C=O) groups excluding carboxylic acids is 2. The Morgan fingerprint density at radius 3 is 2.70 bits per heavy atom. The van der Waals surface area contributed by atoms with Crippen molar-refractivity contribution in [2.24, 2.45) is 5.92 Å². The summed E-state index contributed by atoms with van der Waals surface area (Å²) in [5.41, 5.74) is 0.833. The molecule has 102 valence electrons. The molecule has 0 aromatic heterocycles. The molecular formula is C16H15NO3. The number of rotatable bonds is 2. The summed E-state index contributed by atoms with van der Waals surface area (Å²) < 4.78 is 4.72. The maximum absolute atomic E-state index is 12.1. The minimum absolute atomic E-state index is 0.0318. The maximum atomic E-state index is 12.1. The number of amides is 1. The predicted molar refractivity (Wildman–Crippen MR) is 76.4 cm³/mol. The monoisotopic (exact) mass is 269 g/mol. The highest BCUT2D eigenvalue weighted by atomic mass is 16.5. The van der Waals surface area contributed by atoms with Crippen LogP contribution in [0.25, 0.3) is 10.8 Å². The number of ether oxygens (including phenoxy) is 1. The molecule has 1 aliphatic heterocycles. The fraction of sp³-hybridized carbons (Fsp3) is 0.250. The van der Waals surface area contributed by atoms with E-state index in [-0.39, 0.29) is 24.2 Å². The Morgan fingerprint density at radius 2 is 1.95 bits per heavy atom. The number of hydrogen-bond donors (Lipinski definition) is 0. The van der Waals surface area contributed by atoms with Gasteiger partial charge in [0, 0.05) is 18.7 Å². The van der Waals surface area contributed by atoms with Crippen LogP contribution in [0.3, 0.4) is 0 Å². The lowest BCUT2D eigenvalue weighted by molar-refractivity contribution is -0.145. The molecule has 4 heteroatoms. The summed E-state index contributed by atoms with van der Waals surface area (Å²) in [6.45, 7) is 0.393. The van der Waals surface area contributed by atoms with Crippen molar-refractivity contribution in [1.82, 2.24) is 0 Å². The van der Waals surface area contributed by atoms with Gasteiger partial charge in [0.15, 0.2) is 0 Å². The number of hydrogen-bond acceptors (Lipinski definition) is 3. The van der Waals surface area contributed by atoms with Crippen molar-refractivity contribution in [3.8, 4) is 0 Å². The van der Waals surface area contributed by atoms with E-state index in [4.69, 9.17) is 4.74 Å². The summed E-state index contributed by atoms with van der Waals surface area (Å²) >= 11 is 0. The smallest absolute Gasteiger partial charge is 0.311 e. The second-order valence-electron chi connectivity index (χ2n) is 4.96. The van der Waals surface area contributed by atoms with Crippen molar-refractivity contribution in [3.05, 3.63) is 42.5 Å². The van der Waals surface area contributed by atoms with Gasteiger partial charge in [-0.15, -0.1) is 0 Å². The third kappa shape index (κ3) is 2.13. The van der Waals surface area contributed by atoms with Gasteiger partial charge in [0.05, 0.1) is 13.0 Å². The zero-order chi connectivity index (χ0) is 14.1. The summed E-state index contributed by atoms with van der Waals surface area (Å²) in [7, 11) is 1.35. The molecule has 2 aromatic rings. The van der Waals surface area contributed by atoms with Gasteiger partial charge in [-0.05, 0) is 22.9 Å². The number of esters is 1. The van der Waals surface area contributed by atoms with Crippen LogP contribution in [0, 0.1) is 5.92 Å². The van der Waals surface area contributed by atoms with Crippen LogP contribution in [0.4, 0.5) is 5.69 Å². The van der Waals surface area contributed by atoms with Crippen molar-refractivity contribution in [2.45, 2.75) is 6.42 Å². The van der Waals surface area contributed by atoms with Crippen molar-refractivity contribution < 1.29 is 14.3 Å². The number of methoxy groups -OCH3 is 1. The normalized spacial score (nSPS) is 18.6. The van der Waals surface area contributed by atoms with Gasteiger partial charge in [0.2, 0.25) is 5.91 Å². The summed E-state index contributed by atoms with van der Waals surface area (Å²) in [5, 5.41) is 2.21. The van der Waals surface area contributed by atoms with Crippen molar-refractivity contribution in [3.63, 3.8) is 0 Å². The molecule has 0 bridgehead atoms. The molecule has 4 nitrogen and oxygen atoms in total. The molecule has 1 atom stereocenters. The van der Waals surface area contributed by atoms with E-state index < -0.39 is 0 Å². The Hall–Kier alpha value is -2.36. The maximum Gasteiger partial charge on any atom is 0.311 e. The summed E-state index contributed by atoms with van der Waals surface area (Å²) in [4.78, 5) is 25.3. The van der Waals surface area contributed by atoms with Crippen molar-refractivity contribution >= 4 is 28.3 Å². The van der Waals surface area contributed by atoms with Crippen LogP contribution in [-0.2, 0) is 14.3 Å². The molecule has 0 N–H and O–H groups in total. The second-order valence-corrected chi connectivity index (χ2v) is 4.96.